The zero-order valence-electron chi connectivity index (χ0n) is 15.5. The molecule has 0 unspecified atom stereocenters. The summed E-state index contributed by atoms with van der Waals surface area (Å²) in [6.07, 6.45) is 1.71. The van der Waals surface area contributed by atoms with Gasteiger partial charge in [0.2, 0.25) is 5.91 Å². The van der Waals surface area contributed by atoms with E-state index in [1.165, 1.54) is 11.8 Å². The number of anilines is 1. The Kier molecular flexibility index (Phi) is 7.00. The molecule has 0 radical (unpaired) electrons. The van der Waals surface area contributed by atoms with Crippen LogP contribution < -0.4 is 5.32 Å². The first kappa shape index (κ1) is 21.4. The molecule has 0 saturated heterocycles. The number of benzene rings is 2. The van der Waals surface area contributed by atoms with Crippen molar-refractivity contribution in [2.45, 2.75) is 18.6 Å². The monoisotopic (exact) mass is 492 g/mol. The lowest BCUT2D eigenvalue weighted by atomic mass is 10.2. The maximum atomic E-state index is 12.3. The summed E-state index contributed by atoms with van der Waals surface area (Å²) in [5.41, 5.74) is 2.12. The minimum absolute atomic E-state index is 0.0957. The van der Waals surface area contributed by atoms with Gasteiger partial charge in [-0.1, -0.05) is 45.4 Å². The van der Waals surface area contributed by atoms with Crippen molar-refractivity contribution >= 4 is 50.9 Å². The first-order valence-electron chi connectivity index (χ1n) is 8.61. The topological polar surface area (TPSA) is 80.0 Å². The molecule has 9 heteroatoms. The molecule has 1 amide bonds. The number of nitrogens with zero attached hydrogens (tertiary/aromatic N) is 3. The van der Waals surface area contributed by atoms with Crippen molar-refractivity contribution in [3.8, 4) is 17.1 Å². The average Bonchev–Trinajstić information content (AvgIpc) is 3.08. The Morgan fingerprint density at radius 2 is 2.14 bits per heavy atom. The molecule has 6 nitrogen and oxygen atoms in total. The molecule has 1 heterocycles. The summed E-state index contributed by atoms with van der Waals surface area (Å²) in [5, 5.41) is 22.7. The number of hydrogen-bond acceptors (Lipinski definition) is 5. The molecule has 0 spiro atoms. The van der Waals surface area contributed by atoms with Crippen LogP contribution in [0.5, 0.6) is 5.75 Å². The smallest absolute Gasteiger partial charge is 0.234 e. The van der Waals surface area contributed by atoms with E-state index in [0.717, 1.165) is 10.0 Å². The zero-order chi connectivity index (χ0) is 21.0. The van der Waals surface area contributed by atoms with E-state index >= 15 is 0 Å². The van der Waals surface area contributed by atoms with Gasteiger partial charge in [-0.2, -0.15) is 0 Å². The number of rotatable bonds is 7. The third-order valence-corrected chi connectivity index (χ3v) is 5.89. The Labute approximate surface area is 186 Å². The second kappa shape index (κ2) is 9.47. The normalized spacial score (nSPS) is 10.7. The van der Waals surface area contributed by atoms with Gasteiger partial charge in [0.15, 0.2) is 11.0 Å². The van der Waals surface area contributed by atoms with E-state index in [-0.39, 0.29) is 17.4 Å². The van der Waals surface area contributed by atoms with Crippen molar-refractivity contribution in [1.29, 1.82) is 0 Å². The number of aromatic nitrogens is 3. The number of phenols is 1. The van der Waals surface area contributed by atoms with E-state index in [4.69, 9.17) is 11.6 Å². The largest absolute Gasteiger partial charge is 0.507 e. The molecular weight excluding hydrogens is 476 g/mol. The predicted molar refractivity (Wildman–Crippen MR) is 121 cm³/mol. The van der Waals surface area contributed by atoms with Gasteiger partial charge in [-0.3, -0.25) is 9.36 Å². The van der Waals surface area contributed by atoms with Crippen LogP contribution in [0.25, 0.3) is 11.4 Å². The van der Waals surface area contributed by atoms with Crippen LogP contribution in [0.4, 0.5) is 5.69 Å². The quantitative estimate of drug-likeness (QED) is 0.345. The zero-order valence-corrected chi connectivity index (χ0v) is 18.7. The number of aryl methyl sites for hydroxylation is 1. The third-order valence-electron chi connectivity index (χ3n) is 4.00. The van der Waals surface area contributed by atoms with Gasteiger partial charge in [-0.25, -0.2) is 0 Å². The molecule has 29 heavy (non-hydrogen) atoms. The van der Waals surface area contributed by atoms with E-state index in [9.17, 15) is 9.90 Å². The van der Waals surface area contributed by atoms with Crippen molar-refractivity contribution in [3.63, 3.8) is 0 Å². The lowest BCUT2D eigenvalue weighted by Gasteiger charge is -2.10. The van der Waals surface area contributed by atoms with E-state index in [0.29, 0.717) is 33.8 Å². The number of aromatic hydroxyl groups is 1. The highest BCUT2D eigenvalue weighted by molar-refractivity contribution is 9.10. The molecule has 3 rings (SSSR count). The summed E-state index contributed by atoms with van der Waals surface area (Å²) in [6.45, 7) is 6.09. The molecule has 0 fully saturated rings. The van der Waals surface area contributed by atoms with Gasteiger partial charge >= 0.3 is 0 Å². The first-order chi connectivity index (χ1) is 13.9. The Balaban J connectivity index is 1.76. The fourth-order valence-electron chi connectivity index (χ4n) is 2.63. The number of carbonyl (C=O) groups excluding carboxylic acids is 1. The van der Waals surface area contributed by atoms with Gasteiger partial charge in [0, 0.05) is 21.7 Å². The summed E-state index contributed by atoms with van der Waals surface area (Å²) < 4.78 is 2.61. The summed E-state index contributed by atoms with van der Waals surface area (Å²) in [6, 6.07) is 10.4. The maximum Gasteiger partial charge on any atom is 0.234 e. The van der Waals surface area contributed by atoms with Gasteiger partial charge in [0.1, 0.15) is 5.75 Å². The minimum Gasteiger partial charge on any atom is -0.507 e. The van der Waals surface area contributed by atoms with Gasteiger partial charge in [0.05, 0.1) is 11.3 Å². The van der Waals surface area contributed by atoms with Crippen LogP contribution in [-0.4, -0.2) is 31.5 Å². The van der Waals surface area contributed by atoms with Crippen LogP contribution in [-0.2, 0) is 11.3 Å². The number of amides is 1. The summed E-state index contributed by atoms with van der Waals surface area (Å²) in [4.78, 5) is 12.3. The number of carbonyl (C=O) groups is 1. The second-order valence-electron chi connectivity index (χ2n) is 6.17. The highest BCUT2D eigenvalue weighted by Crippen LogP contribution is 2.32. The molecule has 150 valence electrons. The number of thioether (sulfide) groups is 1. The van der Waals surface area contributed by atoms with Crippen molar-refractivity contribution < 1.29 is 9.90 Å². The van der Waals surface area contributed by atoms with Crippen LogP contribution in [0.15, 0.2) is 58.7 Å². The summed E-state index contributed by atoms with van der Waals surface area (Å²) in [5.74, 6) is 0.580. The molecule has 0 aliphatic heterocycles. The number of allylic oxidation sites excluding steroid dienone is 1. The molecule has 0 aliphatic carbocycles. The van der Waals surface area contributed by atoms with Crippen molar-refractivity contribution in [2.75, 3.05) is 11.1 Å². The molecule has 2 aromatic carbocycles. The second-order valence-corrected chi connectivity index (χ2v) is 8.43. The number of halogens is 2. The van der Waals surface area contributed by atoms with Crippen molar-refractivity contribution in [3.05, 3.63) is 64.1 Å². The highest BCUT2D eigenvalue weighted by atomic mass is 79.9. The fraction of sp³-hybridized carbons (Fsp3) is 0.150. The maximum absolute atomic E-state index is 12.3. The van der Waals surface area contributed by atoms with E-state index in [1.54, 1.807) is 41.0 Å². The van der Waals surface area contributed by atoms with E-state index in [1.807, 2.05) is 13.0 Å². The third kappa shape index (κ3) is 5.20. The first-order valence-corrected chi connectivity index (χ1v) is 10.8. The molecule has 2 N–H and O–H groups in total. The van der Waals surface area contributed by atoms with Crippen LogP contribution in [0.3, 0.4) is 0 Å². The molecule has 1 aromatic heterocycles. The Hall–Kier alpha value is -2.29. The number of phenolic OH excluding ortho intramolecular Hbond substituents is 1. The minimum atomic E-state index is -0.170. The SMILES string of the molecule is C=CCn1c(SCC(=O)Nc2ccc(Cl)c(C)c2)nnc1-c1cc(Br)ccc1O. The predicted octanol–water partition coefficient (Wildman–Crippen LogP) is 5.29. The van der Waals surface area contributed by atoms with Gasteiger partial charge in [-0.05, 0) is 48.9 Å². The number of nitrogens with one attached hydrogen (secondary N) is 1. The average molecular weight is 494 g/mol. The fourth-order valence-corrected chi connectivity index (χ4v) is 3.85. The summed E-state index contributed by atoms with van der Waals surface area (Å²) >= 11 is 10.7. The Morgan fingerprint density at radius 1 is 1.34 bits per heavy atom. The molecule has 0 atom stereocenters. The van der Waals surface area contributed by atoms with Crippen LogP contribution in [0.2, 0.25) is 5.02 Å². The van der Waals surface area contributed by atoms with E-state index < -0.39 is 0 Å². The lowest BCUT2D eigenvalue weighted by molar-refractivity contribution is -0.113. The van der Waals surface area contributed by atoms with Crippen molar-refractivity contribution in [1.82, 2.24) is 14.8 Å². The van der Waals surface area contributed by atoms with Gasteiger partial charge in [-0.15, -0.1) is 16.8 Å². The van der Waals surface area contributed by atoms with Gasteiger partial charge < -0.3 is 10.4 Å². The number of hydrogen-bond donors (Lipinski definition) is 2. The van der Waals surface area contributed by atoms with Crippen LogP contribution in [0, 0.1) is 6.92 Å². The Bertz CT molecular complexity index is 1070. The molecule has 0 aliphatic rings. The lowest BCUT2D eigenvalue weighted by Crippen LogP contribution is -2.14. The molecule has 0 bridgehead atoms. The molecule has 3 aromatic rings. The molecule has 0 saturated carbocycles. The molecular formula is C20H18BrClN4O2S. The van der Waals surface area contributed by atoms with Gasteiger partial charge in [0.25, 0.3) is 0 Å². The van der Waals surface area contributed by atoms with E-state index in [2.05, 4.69) is 38.0 Å². The standard InChI is InChI=1S/C20H18BrClN4O2S/c1-3-8-26-19(15-10-13(21)4-7-17(15)27)24-25-20(26)29-11-18(28)23-14-5-6-16(22)12(2)9-14/h3-7,9-10,27H,1,8,11H2,2H3,(H,23,28). The van der Waals surface area contributed by atoms with Crippen LogP contribution >= 0.6 is 39.3 Å². The van der Waals surface area contributed by atoms with Crippen molar-refractivity contribution in [2.24, 2.45) is 0 Å². The van der Waals surface area contributed by atoms with Crippen LogP contribution in [0.1, 0.15) is 5.56 Å². The summed E-state index contributed by atoms with van der Waals surface area (Å²) in [7, 11) is 0. The highest BCUT2D eigenvalue weighted by Gasteiger charge is 2.18. The Morgan fingerprint density at radius 3 is 2.86 bits per heavy atom.